The van der Waals surface area contributed by atoms with Crippen LogP contribution in [0.3, 0.4) is 0 Å². The molecule has 0 aliphatic rings. The zero-order valence-corrected chi connectivity index (χ0v) is 8.07. The SMILES string of the molecule is CCc1nccn1CCOCCN. The van der Waals surface area contributed by atoms with Gasteiger partial charge in [0.05, 0.1) is 13.2 Å². The van der Waals surface area contributed by atoms with Gasteiger partial charge < -0.3 is 15.0 Å². The predicted octanol–water partition coefficient (Wildman–Crippen LogP) is 0.421. The average molecular weight is 183 g/mol. The molecule has 0 aliphatic carbocycles. The summed E-state index contributed by atoms with van der Waals surface area (Å²) in [7, 11) is 0. The molecule has 1 heterocycles. The molecule has 0 aliphatic heterocycles. The number of aromatic nitrogens is 2. The van der Waals surface area contributed by atoms with Gasteiger partial charge in [-0.3, -0.25) is 0 Å². The smallest absolute Gasteiger partial charge is 0.108 e. The second kappa shape index (κ2) is 5.72. The van der Waals surface area contributed by atoms with E-state index in [-0.39, 0.29) is 0 Å². The minimum absolute atomic E-state index is 0.588. The molecule has 4 nitrogen and oxygen atoms in total. The zero-order chi connectivity index (χ0) is 9.52. The summed E-state index contributed by atoms with van der Waals surface area (Å²) in [6.07, 6.45) is 4.76. The number of imidazole rings is 1. The Kier molecular flexibility index (Phi) is 4.49. The van der Waals surface area contributed by atoms with Gasteiger partial charge >= 0.3 is 0 Å². The van der Waals surface area contributed by atoms with Gasteiger partial charge in [0.25, 0.3) is 0 Å². The van der Waals surface area contributed by atoms with Crippen LogP contribution in [0.2, 0.25) is 0 Å². The third kappa shape index (κ3) is 3.16. The van der Waals surface area contributed by atoms with Crippen LogP contribution in [-0.4, -0.2) is 29.3 Å². The molecular weight excluding hydrogens is 166 g/mol. The van der Waals surface area contributed by atoms with Crippen molar-refractivity contribution in [2.24, 2.45) is 5.73 Å². The first-order valence-corrected chi connectivity index (χ1v) is 4.66. The molecule has 0 saturated carbocycles. The van der Waals surface area contributed by atoms with Crippen LogP contribution in [0.4, 0.5) is 0 Å². The fourth-order valence-corrected chi connectivity index (χ4v) is 1.21. The van der Waals surface area contributed by atoms with Crippen LogP contribution in [0.5, 0.6) is 0 Å². The summed E-state index contributed by atoms with van der Waals surface area (Å²) < 4.78 is 7.39. The molecule has 4 heteroatoms. The van der Waals surface area contributed by atoms with E-state index >= 15 is 0 Å². The second-order valence-electron chi connectivity index (χ2n) is 2.79. The summed E-state index contributed by atoms with van der Waals surface area (Å²) in [6, 6.07) is 0. The monoisotopic (exact) mass is 183 g/mol. The molecule has 74 valence electrons. The third-order valence-electron chi connectivity index (χ3n) is 1.86. The highest BCUT2D eigenvalue weighted by atomic mass is 16.5. The Morgan fingerprint density at radius 2 is 2.38 bits per heavy atom. The van der Waals surface area contributed by atoms with Crippen LogP contribution in [0, 0.1) is 0 Å². The van der Waals surface area contributed by atoms with Crippen molar-refractivity contribution in [1.29, 1.82) is 0 Å². The van der Waals surface area contributed by atoms with Gasteiger partial charge in [-0.05, 0) is 0 Å². The van der Waals surface area contributed by atoms with Crippen LogP contribution in [-0.2, 0) is 17.7 Å². The molecule has 1 rings (SSSR count). The lowest BCUT2D eigenvalue weighted by atomic mass is 10.4. The highest BCUT2D eigenvalue weighted by Gasteiger charge is 1.98. The minimum Gasteiger partial charge on any atom is -0.378 e. The molecule has 0 bridgehead atoms. The van der Waals surface area contributed by atoms with Crippen molar-refractivity contribution in [1.82, 2.24) is 9.55 Å². The maximum absolute atomic E-state index is 5.30. The number of rotatable bonds is 6. The molecule has 0 aromatic carbocycles. The van der Waals surface area contributed by atoms with Crippen molar-refractivity contribution >= 4 is 0 Å². The number of nitrogens with zero attached hydrogens (tertiary/aromatic N) is 2. The lowest BCUT2D eigenvalue weighted by molar-refractivity contribution is 0.132. The maximum atomic E-state index is 5.30. The van der Waals surface area contributed by atoms with Crippen LogP contribution < -0.4 is 5.73 Å². The standard InChI is InChI=1S/C9H17N3O/c1-2-9-11-4-5-12(9)6-8-13-7-3-10/h4-5H,2-3,6-8,10H2,1H3. The summed E-state index contributed by atoms with van der Waals surface area (Å²) in [5.41, 5.74) is 5.30. The first-order valence-electron chi connectivity index (χ1n) is 4.66. The largest absolute Gasteiger partial charge is 0.378 e. The summed E-state index contributed by atoms with van der Waals surface area (Å²) in [4.78, 5) is 4.22. The number of aryl methyl sites for hydroxylation is 1. The number of nitrogens with two attached hydrogens (primary N) is 1. The van der Waals surface area contributed by atoms with Gasteiger partial charge in [-0.15, -0.1) is 0 Å². The topological polar surface area (TPSA) is 53.1 Å². The van der Waals surface area contributed by atoms with Crippen molar-refractivity contribution in [3.05, 3.63) is 18.2 Å². The molecule has 0 saturated heterocycles. The van der Waals surface area contributed by atoms with E-state index in [2.05, 4.69) is 16.5 Å². The average Bonchev–Trinajstić information content (AvgIpc) is 2.60. The Bertz CT molecular complexity index is 235. The van der Waals surface area contributed by atoms with Gasteiger partial charge in [-0.1, -0.05) is 6.92 Å². The molecule has 0 unspecified atom stereocenters. The van der Waals surface area contributed by atoms with Gasteiger partial charge in [-0.2, -0.15) is 0 Å². The molecule has 0 atom stereocenters. The van der Waals surface area contributed by atoms with Crippen LogP contribution in [0.25, 0.3) is 0 Å². The first-order chi connectivity index (χ1) is 6.38. The van der Waals surface area contributed by atoms with E-state index in [9.17, 15) is 0 Å². The number of hydrogen-bond donors (Lipinski definition) is 1. The number of ether oxygens (including phenoxy) is 1. The quantitative estimate of drug-likeness (QED) is 0.650. The molecule has 1 aromatic rings. The van der Waals surface area contributed by atoms with Crippen LogP contribution in [0.1, 0.15) is 12.7 Å². The van der Waals surface area contributed by atoms with Gasteiger partial charge in [-0.25, -0.2) is 4.98 Å². The van der Waals surface area contributed by atoms with E-state index in [0.29, 0.717) is 19.8 Å². The molecule has 2 N–H and O–H groups in total. The Morgan fingerprint density at radius 3 is 3.08 bits per heavy atom. The van der Waals surface area contributed by atoms with Gasteiger partial charge in [0.1, 0.15) is 5.82 Å². The summed E-state index contributed by atoms with van der Waals surface area (Å²) in [5, 5.41) is 0. The highest BCUT2D eigenvalue weighted by molar-refractivity contribution is 4.91. The molecule has 1 aromatic heterocycles. The fraction of sp³-hybridized carbons (Fsp3) is 0.667. The molecule has 13 heavy (non-hydrogen) atoms. The van der Waals surface area contributed by atoms with Gasteiger partial charge in [0.15, 0.2) is 0 Å². The zero-order valence-electron chi connectivity index (χ0n) is 8.07. The van der Waals surface area contributed by atoms with E-state index < -0.39 is 0 Å². The number of hydrogen-bond acceptors (Lipinski definition) is 3. The van der Waals surface area contributed by atoms with E-state index in [1.807, 2.05) is 12.4 Å². The van der Waals surface area contributed by atoms with Crippen LogP contribution in [0.15, 0.2) is 12.4 Å². The molecule has 0 amide bonds. The Balaban J connectivity index is 2.27. The van der Waals surface area contributed by atoms with Crippen LogP contribution >= 0.6 is 0 Å². The molecular formula is C9H17N3O. The third-order valence-corrected chi connectivity index (χ3v) is 1.86. The van der Waals surface area contributed by atoms with Crippen molar-refractivity contribution in [2.75, 3.05) is 19.8 Å². The van der Waals surface area contributed by atoms with E-state index in [1.165, 1.54) is 0 Å². The van der Waals surface area contributed by atoms with Crippen molar-refractivity contribution in [3.8, 4) is 0 Å². The molecule has 0 radical (unpaired) electrons. The Labute approximate surface area is 78.7 Å². The Hall–Kier alpha value is -0.870. The maximum Gasteiger partial charge on any atom is 0.108 e. The summed E-state index contributed by atoms with van der Waals surface area (Å²) in [6.45, 7) is 4.89. The van der Waals surface area contributed by atoms with Gasteiger partial charge in [0.2, 0.25) is 0 Å². The van der Waals surface area contributed by atoms with Gasteiger partial charge in [0, 0.05) is 31.9 Å². The van der Waals surface area contributed by atoms with Crippen molar-refractivity contribution in [2.45, 2.75) is 19.9 Å². The molecule has 0 spiro atoms. The Morgan fingerprint density at radius 1 is 1.54 bits per heavy atom. The van der Waals surface area contributed by atoms with Crippen molar-refractivity contribution in [3.63, 3.8) is 0 Å². The summed E-state index contributed by atoms with van der Waals surface area (Å²) >= 11 is 0. The second-order valence-corrected chi connectivity index (χ2v) is 2.79. The van der Waals surface area contributed by atoms with E-state index in [1.54, 1.807) is 0 Å². The lowest BCUT2D eigenvalue weighted by Gasteiger charge is -2.06. The minimum atomic E-state index is 0.588. The summed E-state index contributed by atoms with van der Waals surface area (Å²) in [5.74, 6) is 1.11. The predicted molar refractivity (Wildman–Crippen MR) is 51.5 cm³/mol. The molecule has 0 fully saturated rings. The normalized spacial score (nSPS) is 10.6. The van der Waals surface area contributed by atoms with E-state index in [0.717, 1.165) is 18.8 Å². The first kappa shape index (κ1) is 10.2. The van der Waals surface area contributed by atoms with Crippen molar-refractivity contribution < 1.29 is 4.74 Å². The van der Waals surface area contributed by atoms with E-state index in [4.69, 9.17) is 10.5 Å². The highest BCUT2D eigenvalue weighted by Crippen LogP contribution is 1.97. The fourth-order valence-electron chi connectivity index (χ4n) is 1.21. The lowest BCUT2D eigenvalue weighted by Crippen LogP contribution is -2.13.